The van der Waals surface area contributed by atoms with Gasteiger partial charge in [0.25, 0.3) is 0 Å². The first-order valence-electron chi connectivity index (χ1n) is 4.49. The monoisotopic (exact) mass is 199 g/mol. The molecule has 1 aliphatic heterocycles. The number of nitrogens with two attached hydrogens (primary N) is 1. The molecule has 0 aliphatic carbocycles. The zero-order valence-electron chi connectivity index (χ0n) is 7.76. The molecule has 0 amide bonds. The van der Waals surface area contributed by atoms with E-state index >= 15 is 0 Å². The number of halogens is 2. The minimum Gasteiger partial charge on any atom is -0.490 e. The minimum absolute atomic E-state index is 0.0534. The number of ether oxygens (including phenoxy) is 1. The zero-order valence-corrected chi connectivity index (χ0v) is 7.76. The molecular weight excluding hydrogens is 188 g/mol. The average molecular weight is 199 g/mol. The van der Waals surface area contributed by atoms with Gasteiger partial charge in [0.15, 0.2) is 11.6 Å². The van der Waals surface area contributed by atoms with Gasteiger partial charge in [-0.05, 0) is 19.1 Å². The van der Waals surface area contributed by atoms with Gasteiger partial charge >= 0.3 is 0 Å². The topological polar surface area (TPSA) is 35.2 Å². The summed E-state index contributed by atoms with van der Waals surface area (Å²) in [6.45, 7) is 1.85. The third kappa shape index (κ3) is 1.35. The minimum atomic E-state index is -0.887. The van der Waals surface area contributed by atoms with Gasteiger partial charge < -0.3 is 10.5 Å². The Morgan fingerprint density at radius 2 is 2.14 bits per heavy atom. The van der Waals surface area contributed by atoms with Crippen LogP contribution in [0.2, 0.25) is 0 Å². The van der Waals surface area contributed by atoms with E-state index in [9.17, 15) is 8.78 Å². The van der Waals surface area contributed by atoms with E-state index in [0.717, 1.165) is 6.07 Å². The van der Waals surface area contributed by atoms with Gasteiger partial charge in [-0.3, -0.25) is 0 Å². The molecule has 1 aromatic rings. The van der Waals surface area contributed by atoms with Crippen LogP contribution in [0.25, 0.3) is 0 Å². The van der Waals surface area contributed by atoms with E-state index in [0.29, 0.717) is 12.2 Å². The Kier molecular flexibility index (Phi) is 2.15. The standard InChI is InChI=1S/C10H11F2NO/c1-5-4-7(13)9-8(14-5)3-2-6(11)10(9)12/h2-3,5,7H,4,13H2,1H3/t5-,7?/m1/s1. The Hall–Kier alpha value is -1.16. The summed E-state index contributed by atoms with van der Waals surface area (Å²) in [5.74, 6) is -1.41. The van der Waals surface area contributed by atoms with Gasteiger partial charge in [0.1, 0.15) is 5.75 Å². The highest BCUT2D eigenvalue weighted by molar-refractivity contribution is 5.39. The molecule has 0 aromatic heterocycles. The molecule has 0 spiro atoms. The summed E-state index contributed by atoms with van der Waals surface area (Å²) in [5, 5.41) is 0. The highest BCUT2D eigenvalue weighted by atomic mass is 19.2. The van der Waals surface area contributed by atoms with Gasteiger partial charge in [-0.15, -0.1) is 0 Å². The van der Waals surface area contributed by atoms with Gasteiger partial charge in [0, 0.05) is 18.0 Å². The summed E-state index contributed by atoms with van der Waals surface area (Å²) in [6, 6.07) is 1.99. The first kappa shape index (κ1) is 9.40. The number of rotatable bonds is 0. The molecule has 76 valence electrons. The Labute approximate surface area is 80.7 Å². The first-order valence-corrected chi connectivity index (χ1v) is 4.49. The highest BCUT2D eigenvalue weighted by Crippen LogP contribution is 2.35. The van der Waals surface area contributed by atoms with Crippen molar-refractivity contribution >= 4 is 0 Å². The molecule has 2 nitrogen and oxygen atoms in total. The molecule has 0 bridgehead atoms. The van der Waals surface area contributed by atoms with E-state index in [1.807, 2.05) is 6.92 Å². The first-order chi connectivity index (χ1) is 6.59. The fourth-order valence-corrected chi connectivity index (χ4v) is 1.74. The summed E-state index contributed by atoms with van der Waals surface area (Å²) >= 11 is 0. The third-order valence-corrected chi connectivity index (χ3v) is 2.38. The Bertz CT molecular complexity index is 367. The summed E-state index contributed by atoms with van der Waals surface area (Å²) in [6.07, 6.45) is 0.454. The predicted molar refractivity (Wildman–Crippen MR) is 48.0 cm³/mol. The number of hydrogen-bond acceptors (Lipinski definition) is 2. The van der Waals surface area contributed by atoms with Crippen molar-refractivity contribution in [3.05, 3.63) is 29.3 Å². The highest BCUT2D eigenvalue weighted by Gasteiger charge is 2.27. The van der Waals surface area contributed by atoms with E-state index in [2.05, 4.69) is 0 Å². The van der Waals surface area contributed by atoms with Gasteiger partial charge in [0.2, 0.25) is 0 Å². The van der Waals surface area contributed by atoms with Crippen molar-refractivity contribution in [2.45, 2.75) is 25.5 Å². The summed E-state index contributed by atoms with van der Waals surface area (Å²) in [7, 11) is 0. The van der Waals surface area contributed by atoms with Crippen molar-refractivity contribution in [1.82, 2.24) is 0 Å². The lowest BCUT2D eigenvalue weighted by Gasteiger charge is -2.28. The third-order valence-electron chi connectivity index (χ3n) is 2.38. The molecule has 4 heteroatoms. The van der Waals surface area contributed by atoms with Crippen LogP contribution in [0.4, 0.5) is 8.78 Å². The lowest BCUT2D eigenvalue weighted by atomic mass is 9.97. The predicted octanol–water partition coefficient (Wildman–Crippen LogP) is 2.14. The van der Waals surface area contributed by atoms with E-state index in [1.165, 1.54) is 6.07 Å². The quantitative estimate of drug-likeness (QED) is 0.694. The second-order valence-electron chi connectivity index (χ2n) is 3.54. The number of hydrogen-bond donors (Lipinski definition) is 1. The van der Waals surface area contributed by atoms with Crippen molar-refractivity contribution in [2.75, 3.05) is 0 Å². The molecule has 2 rings (SSSR count). The normalized spacial score (nSPS) is 25.4. The molecule has 0 fully saturated rings. The van der Waals surface area contributed by atoms with Crippen molar-refractivity contribution < 1.29 is 13.5 Å². The van der Waals surface area contributed by atoms with Crippen molar-refractivity contribution in [3.63, 3.8) is 0 Å². The van der Waals surface area contributed by atoms with Gasteiger partial charge in [-0.1, -0.05) is 0 Å². The molecular formula is C10H11F2NO. The van der Waals surface area contributed by atoms with Gasteiger partial charge in [0.05, 0.1) is 6.10 Å². The van der Waals surface area contributed by atoms with E-state index in [1.54, 1.807) is 0 Å². The van der Waals surface area contributed by atoms with E-state index in [-0.39, 0.29) is 11.7 Å². The Morgan fingerprint density at radius 1 is 1.43 bits per heavy atom. The smallest absolute Gasteiger partial charge is 0.167 e. The molecule has 1 aromatic carbocycles. The Balaban J connectivity index is 2.54. The van der Waals surface area contributed by atoms with Crippen molar-refractivity contribution in [1.29, 1.82) is 0 Å². The largest absolute Gasteiger partial charge is 0.490 e. The van der Waals surface area contributed by atoms with E-state index < -0.39 is 17.7 Å². The maximum Gasteiger partial charge on any atom is 0.167 e. The van der Waals surface area contributed by atoms with Crippen LogP contribution in [0, 0.1) is 11.6 Å². The van der Waals surface area contributed by atoms with Crippen LogP contribution < -0.4 is 10.5 Å². The fraction of sp³-hybridized carbons (Fsp3) is 0.400. The van der Waals surface area contributed by atoms with Gasteiger partial charge in [-0.2, -0.15) is 0 Å². The summed E-state index contributed by atoms with van der Waals surface area (Å²) < 4.78 is 31.6. The number of benzene rings is 1. The lowest BCUT2D eigenvalue weighted by Crippen LogP contribution is -2.28. The van der Waals surface area contributed by atoms with Crippen molar-refractivity contribution in [3.8, 4) is 5.75 Å². The molecule has 1 heterocycles. The average Bonchev–Trinajstić information content (AvgIpc) is 2.10. The second-order valence-corrected chi connectivity index (χ2v) is 3.54. The Morgan fingerprint density at radius 3 is 2.86 bits per heavy atom. The molecule has 2 atom stereocenters. The zero-order chi connectivity index (χ0) is 10.3. The molecule has 0 radical (unpaired) electrons. The van der Waals surface area contributed by atoms with Crippen molar-refractivity contribution in [2.24, 2.45) is 5.73 Å². The fourth-order valence-electron chi connectivity index (χ4n) is 1.74. The van der Waals surface area contributed by atoms with E-state index in [4.69, 9.17) is 10.5 Å². The maximum atomic E-state index is 13.3. The lowest BCUT2D eigenvalue weighted by molar-refractivity contribution is 0.173. The van der Waals surface area contributed by atoms with Crippen LogP contribution in [-0.4, -0.2) is 6.10 Å². The van der Waals surface area contributed by atoms with Gasteiger partial charge in [-0.25, -0.2) is 8.78 Å². The van der Waals surface area contributed by atoms with Crippen LogP contribution in [0.15, 0.2) is 12.1 Å². The molecule has 2 N–H and O–H groups in total. The maximum absolute atomic E-state index is 13.3. The summed E-state index contributed by atoms with van der Waals surface area (Å²) in [4.78, 5) is 0. The second kappa shape index (κ2) is 3.20. The van der Waals surface area contributed by atoms with Crippen LogP contribution >= 0.6 is 0 Å². The molecule has 1 aliphatic rings. The van der Waals surface area contributed by atoms with Crippen LogP contribution in [-0.2, 0) is 0 Å². The molecule has 0 saturated heterocycles. The summed E-state index contributed by atoms with van der Waals surface area (Å²) in [5.41, 5.74) is 5.88. The molecule has 1 unspecified atom stereocenters. The molecule has 14 heavy (non-hydrogen) atoms. The van der Waals surface area contributed by atoms with Crippen LogP contribution in [0.3, 0.4) is 0 Å². The molecule has 0 saturated carbocycles. The number of fused-ring (bicyclic) bond motifs is 1. The van der Waals surface area contributed by atoms with Crippen LogP contribution in [0.5, 0.6) is 5.75 Å². The SMILES string of the molecule is C[C@@H]1CC(N)c2c(ccc(F)c2F)O1. The van der Waals surface area contributed by atoms with Crippen LogP contribution in [0.1, 0.15) is 24.9 Å².